The van der Waals surface area contributed by atoms with Crippen LogP contribution in [0.15, 0.2) is 71.1 Å². The Morgan fingerprint density at radius 2 is 1.55 bits per heavy atom. The monoisotopic (exact) mass is 286 g/mol. The molecule has 0 amide bonds. The van der Waals surface area contributed by atoms with Crippen molar-refractivity contribution in [3.8, 4) is 11.1 Å². The minimum Gasteiger partial charge on any atom is -0.455 e. The van der Waals surface area contributed by atoms with E-state index in [4.69, 9.17) is 4.42 Å². The molecule has 0 saturated carbocycles. The van der Waals surface area contributed by atoms with Crippen LogP contribution in [0.25, 0.3) is 33.1 Å². The van der Waals surface area contributed by atoms with Gasteiger partial charge in [0.2, 0.25) is 0 Å². The molecular weight excluding hydrogens is 268 g/mol. The number of aryl methyl sites for hydroxylation is 1. The van der Waals surface area contributed by atoms with E-state index in [2.05, 4.69) is 61.5 Å². The van der Waals surface area contributed by atoms with E-state index in [1.165, 1.54) is 28.3 Å². The van der Waals surface area contributed by atoms with Crippen LogP contribution < -0.4 is 0 Å². The Bertz CT molecular complexity index is 929. The standard InChI is InChI=1S/C21H18O/c1-2-6-15-11-13-16(14-12-15)17-8-5-9-19-18-7-3-4-10-20(18)22-21(17)19/h3-5,7-14H,2,6H2,1H3. The summed E-state index contributed by atoms with van der Waals surface area (Å²) in [6, 6.07) is 23.5. The van der Waals surface area contributed by atoms with E-state index in [0.717, 1.165) is 23.2 Å². The number of furan rings is 1. The third-order valence-electron chi connectivity index (χ3n) is 4.21. The summed E-state index contributed by atoms with van der Waals surface area (Å²) < 4.78 is 6.12. The summed E-state index contributed by atoms with van der Waals surface area (Å²) in [4.78, 5) is 0. The van der Waals surface area contributed by atoms with Crippen LogP contribution in [0, 0.1) is 0 Å². The first kappa shape index (κ1) is 13.1. The van der Waals surface area contributed by atoms with Gasteiger partial charge >= 0.3 is 0 Å². The fraction of sp³-hybridized carbons (Fsp3) is 0.143. The fourth-order valence-electron chi connectivity index (χ4n) is 3.11. The molecule has 1 heterocycles. The lowest BCUT2D eigenvalue weighted by Crippen LogP contribution is -1.84. The summed E-state index contributed by atoms with van der Waals surface area (Å²) >= 11 is 0. The Balaban J connectivity index is 1.91. The van der Waals surface area contributed by atoms with Gasteiger partial charge in [-0.1, -0.05) is 74.0 Å². The van der Waals surface area contributed by atoms with Crippen molar-refractivity contribution in [3.63, 3.8) is 0 Å². The van der Waals surface area contributed by atoms with E-state index in [0.29, 0.717) is 0 Å². The molecule has 4 aromatic rings. The van der Waals surface area contributed by atoms with Crippen molar-refractivity contribution in [2.45, 2.75) is 19.8 Å². The molecule has 0 radical (unpaired) electrons. The van der Waals surface area contributed by atoms with Gasteiger partial charge in [0.25, 0.3) is 0 Å². The lowest BCUT2D eigenvalue weighted by molar-refractivity contribution is 0.670. The minimum atomic E-state index is 0.951. The first-order chi connectivity index (χ1) is 10.9. The van der Waals surface area contributed by atoms with Crippen LogP contribution in [-0.2, 0) is 6.42 Å². The normalized spacial score (nSPS) is 11.3. The van der Waals surface area contributed by atoms with Crippen molar-refractivity contribution < 1.29 is 4.42 Å². The number of fused-ring (bicyclic) bond motifs is 3. The van der Waals surface area contributed by atoms with Gasteiger partial charge in [0.05, 0.1) is 0 Å². The van der Waals surface area contributed by atoms with Crippen molar-refractivity contribution in [3.05, 3.63) is 72.3 Å². The van der Waals surface area contributed by atoms with Gasteiger partial charge in [0.15, 0.2) is 0 Å². The van der Waals surface area contributed by atoms with E-state index in [1.54, 1.807) is 0 Å². The van der Waals surface area contributed by atoms with Gasteiger partial charge in [0.1, 0.15) is 11.2 Å². The van der Waals surface area contributed by atoms with E-state index in [-0.39, 0.29) is 0 Å². The minimum absolute atomic E-state index is 0.951. The molecule has 0 spiro atoms. The number of hydrogen-bond donors (Lipinski definition) is 0. The molecule has 0 unspecified atom stereocenters. The van der Waals surface area contributed by atoms with Crippen molar-refractivity contribution in [1.82, 2.24) is 0 Å². The average Bonchev–Trinajstić information content (AvgIpc) is 2.95. The Kier molecular flexibility index (Phi) is 3.19. The van der Waals surface area contributed by atoms with Crippen LogP contribution >= 0.6 is 0 Å². The van der Waals surface area contributed by atoms with Crippen LogP contribution in [0.3, 0.4) is 0 Å². The summed E-state index contributed by atoms with van der Waals surface area (Å²) in [5.74, 6) is 0. The zero-order valence-electron chi connectivity index (χ0n) is 12.7. The van der Waals surface area contributed by atoms with Gasteiger partial charge in [-0.15, -0.1) is 0 Å². The summed E-state index contributed by atoms with van der Waals surface area (Å²) in [6.45, 7) is 2.21. The molecule has 0 aliphatic heterocycles. The van der Waals surface area contributed by atoms with Gasteiger partial charge in [-0.25, -0.2) is 0 Å². The van der Waals surface area contributed by atoms with Crippen LogP contribution in [0.5, 0.6) is 0 Å². The number of hydrogen-bond acceptors (Lipinski definition) is 1. The molecule has 1 heteroatoms. The maximum absolute atomic E-state index is 6.12. The van der Waals surface area contributed by atoms with Crippen molar-refractivity contribution in [2.24, 2.45) is 0 Å². The van der Waals surface area contributed by atoms with E-state index < -0.39 is 0 Å². The van der Waals surface area contributed by atoms with Crippen LogP contribution in [-0.4, -0.2) is 0 Å². The highest BCUT2D eigenvalue weighted by atomic mass is 16.3. The summed E-state index contributed by atoms with van der Waals surface area (Å²) in [5.41, 5.74) is 5.70. The molecule has 1 aromatic heterocycles. The molecule has 22 heavy (non-hydrogen) atoms. The van der Waals surface area contributed by atoms with Crippen molar-refractivity contribution in [1.29, 1.82) is 0 Å². The number of para-hydroxylation sites is 2. The van der Waals surface area contributed by atoms with E-state index in [9.17, 15) is 0 Å². The number of benzene rings is 3. The Hall–Kier alpha value is -2.54. The smallest absolute Gasteiger partial charge is 0.143 e. The predicted molar refractivity (Wildman–Crippen MR) is 93.2 cm³/mol. The number of rotatable bonds is 3. The zero-order chi connectivity index (χ0) is 14.9. The third-order valence-corrected chi connectivity index (χ3v) is 4.21. The third kappa shape index (κ3) is 2.10. The SMILES string of the molecule is CCCc1ccc(-c2cccc3c2oc2ccccc23)cc1. The lowest BCUT2D eigenvalue weighted by Gasteiger charge is -2.04. The molecule has 1 nitrogen and oxygen atoms in total. The first-order valence-electron chi connectivity index (χ1n) is 7.86. The first-order valence-corrected chi connectivity index (χ1v) is 7.86. The summed E-state index contributed by atoms with van der Waals surface area (Å²) in [7, 11) is 0. The molecule has 0 fully saturated rings. The molecule has 108 valence electrons. The zero-order valence-corrected chi connectivity index (χ0v) is 12.7. The summed E-state index contributed by atoms with van der Waals surface area (Å²) in [6.07, 6.45) is 2.31. The molecule has 0 aliphatic carbocycles. The molecular formula is C21H18O. The molecule has 0 bridgehead atoms. The topological polar surface area (TPSA) is 13.1 Å². The second-order valence-corrected chi connectivity index (χ2v) is 5.73. The van der Waals surface area contributed by atoms with E-state index in [1.807, 2.05) is 12.1 Å². The Labute approximate surface area is 130 Å². The predicted octanol–water partition coefficient (Wildman–Crippen LogP) is 6.21. The molecule has 4 rings (SSSR count). The van der Waals surface area contributed by atoms with Crippen molar-refractivity contribution >= 4 is 21.9 Å². The molecule has 0 saturated heterocycles. The lowest BCUT2D eigenvalue weighted by atomic mass is 10.00. The highest BCUT2D eigenvalue weighted by Gasteiger charge is 2.11. The van der Waals surface area contributed by atoms with Crippen molar-refractivity contribution in [2.75, 3.05) is 0 Å². The van der Waals surface area contributed by atoms with Gasteiger partial charge in [-0.05, 0) is 23.6 Å². The van der Waals surface area contributed by atoms with Gasteiger partial charge < -0.3 is 4.42 Å². The fourth-order valence-corrected chi connectivity index (χ4v) is 3.11. The second kappa shape index (κ2) is 5.34. The van der Waals surface area contributed by atoms with Gasteiger partial charge in [-0.2, -0.15) is 0 Å². The quantitative estimate of drug-likeness (QED) is 0.436. The highest BCUT2D eigenvalue weighted by molar-refractivity contribution is 6.09. The highest BCUT2D eigenvalue weighted by Crippen LogP contribution is 2.35. The molecule has 0 aliphatic rings. The van der Waals surface area contributed by atoms with Crippen LogP contribution in [0.2, 0.25) is 0 Å². The van der Waals surface area contributed by atoms with Gasteiger partial charge in [0, 0.05) is 16.3 Å². The maximum atomic E-state index is 6.12. The van der Waals surface area contributed by atoms with Crippen LogP contribution in [0.1, 0.15) is 18.9 Å². The largest absolute Gasteiger partial charge is 0.455 e. The second-order valence-electron chi connectivity index (χ2n) is 5.73. The van der Waals surface area contributed by atoms with Gasteiger partial charge in [-0.3, -0.25) is 0 Å². The Morgan fingerprint density at radius 3 is 2.36 bits per heavy atom. The Morgan fingerprint density at radius 1 is 0.773 bits per heavy atom. The molecule has 3 aromatic carbocycles. The molecule has 0 N–H and O–H groups in total. The maximum Gasteiger partial charge on any atom is 0.143 e. The molecule has 0 atom stereocenters. The van der Waals surface area contributed by atoms with Crippen LogP contribution in [0.4, 0.5) is 0 Å². The summed E-state index contributed by atoms with van der Waals surface area (Å²) in [5, 5.41) is 2.37. The van der Waals surface area contributed by atoms with E-state index >= 15 is 0 Å². The average molecular weight is 286 g/mol.